The molecule has 0 aliphatic heterocycles. The second kappa shape index (κ2) is 8.62. The van der Waals surface area contributed by atoms with E-state index in [4.69, 9.17) is 16.3 Å². The molecule has 0 aromatic carbocycles. The minimum Gasteiger partial charge on any atom is -0.466 e. The van der Waals surface area contributed by atoms with E-state index in [0.29, 0.717) is 6.42 Å². The van der Waals surface area contributed by atoms with Crippen LogP contribution >= 0.6 is 11.6 Å². The minimum atomic E-state index is -0.802. The standard InChI is InChI=1S/C17H25ClN4O4/c1-4-17(3,15(23)26-5-2)11-21(12-8-6-7-9-12)14-13(22(24)25)10-19-16(18)20-14/h10,12H,4-9,11H2,1-3H3. The predicted molar refractivity (Wildman–Crippen MR) is 98.3 cm³/mol. The first-order valence-electron chi connectivity index (χ1n) is 8.93. The van der Waals surface area contributed by atoms with E-state index in [1.165, 1.54) is 0 Å². The number of carbonyl (C=O) groups is 1. The maximum Gasteiger partial charge on any atom is 0.329 e. The van der Waals surface area contributed by atoms with Gasteiger partial charge in [-0.1, -0.05) is 19.8 Å². The van der Waals surface area contributed by atoms with Gasteiger partial charge >= 0.3 is 11.7 Å². The number of rotatable bonds is 8. The van der Waals surface area contributed by atoms with Crippen LogP contribution in [0.4, 0.5) is 11.5 Å². The largest absolute Gasteiger partial charge is 0.466 e. The summed E-state index contributed by atoms with van der Waals surface area (Å²) in [6, 6.07) is 0.0694. The number of nitrogens with zero attached hydrogens (tertiary/aromatic N) is 4. The Balaban J connectivity index is 2.46. The first-order chi connectivity index (χ1) is 12.3. The van der Waals surface area contributed by atoms with E-state index in [-0.39, 0.29) is 42.0 Å². The molecule has 0 bridgehead atoms. The molecule has 0 saturated heterocycles. The molecule has 8 nitrogen and oxygen atoms in total. The predicted octanol–water partition coefficient (Wildman–Crippen LogP) is 3.77. The van der Waals surface area contributed by atoms with E-state index < -0.39 is 10.3 Å². The average molecular weight is 385 g/mol. The van der Waals surface area contributed by atoms with E-state index in [2.05, 4.69) is 9.97 Å². The summed E-state index contributed by atoms with van der Waals surface area (Å²) in [6.07, 6.45) is 5.52. The second-order valence-corrected chi connectivity index (χ2v) is 7.14. The van der Waals surface area contributed by atoms with Crippen LogP contribution in [0.1, 0.15) is 52.9 Å². The Kier molecular flexibility index (Phi) is 6.75. The van der Waals surface area contributed by atoms with Gasteiger partial charge in [0.15, 0.2) is 0 Å². The molecule has 1 aliphatic rings. The maximum atomic E-state index is 12.5. The number of hydrogen-bond donors (Lipinski definition) is 0. The van der Waals surface area contributed by atoms with Crippen molar-refractivity contribution in [2.45, 2.75) is 58.9 Å². The highest BCUT2D eigenvalue weighted by Crippen LogP contribution is 2.37. The molecule has 1 saturated carbocycles. The normalized spacial score (nSPS) is 16.9. The average Bonchev–Trinajstić information content (AvgIpc) is 3.13. The smallest absolute Gasteiger partial charge is 0.329 e. The molecule has 0 spiro atoms. The molecule has 26 heavy (non-hydrogen) atoms. The molecule has 0 radical (unpaired) electrons. The Morgan fingerprint density at radius 1 is 1.46 bits per heavy atom. The van der Waals surface area contributed by atoms with Crippen molar-refractivity contribution in [1.82, 2.24) is 9.97 Å². The van der Waals surface area contributed by atoms with Crippen molar-refractivity contribution >= 4 is 29.1 Å². The molecular formula is C17H25ClN4O4. The Bertz CT molecular complexity index is 666. The van der Waals surface area contributed by atoms with Crippen molar-refractivity contribution in [3.05, 3.63) is 21.6 Å². The number of aromatic nitrogens is 2. The van der Waals surface area contributed by atoms with E-state index in [0.717, 1.165) is 31.9 Å². The Morgan fingerprint density at radius 3 is 2.65 bits per heavy atom. The van der Waals surface area contributed by atoms with Crippen LogP contribution in [0.25, 0.3) is 0 Å². The third-order valence-electron chi connectivity index (χ3n) is 5.02. The molecule has 1 atom stereocenters. The van der Waals surface area contributed by atoms with Gasteiger partial charge in [0.25, 0.3) is 0 Å². The van der Waals surface area contributed by atoms with Gasteiger partial charge < -0.3 is 9.64 Å². The zero-order chi connectivity index (χ0) is 19.3. The number of nitro groups is 1. The van der Waals surface area contributed by atoms with Gasteiger partial charge in [0.05, 0.1) is 16.9 Å². The lowest BCUT2D eigenvalue weighted by Gasteiger charge is -2.37. The molecule has 1 aromatic rings. The monoisotopic (exact) mass is 384 g/mol. The molecule has 1 unspecified atom stereocenters. The SMILES string of the molecule is CCOC(=O)C(C)(CC)CN(c1nc(Cl)ncc1[N+](=O)[O-])C1CCCC1. The van der Waals surface area contributed by atoms with Crippen LogP contribution in [-0.4, -0.2) is 40.1 Å². The van der Waals surface area contributed by atoms with Gasteiger partial charge in [-0.05, 0) is 44.7 Å². The number of esters is 1. The Hall–Kier alpha value is -1.96. The Morgan fingerprint density at radius 2 is 2.12 bits per heavy atom. The number of hydrogen-bond acceptors (Lipinski definition) is 7. The molecule has 0 N–H and O–H groups in total. The van der Waals surface area contributed by atoms with Crippen LogP contribution in [0.2, 0.25) is 5.28 Å². The van der Waals surface area contributed by atoms with Crippen molar-refractivity contribution < 1.29 is 14.5 Å². The van der Waals surface area contributed by atoms with Crippen molar-refractivity contribution in [3.63, 3.8) is 0 Å². The van der Waals surface area contributed by atoms with E-state index in [9.17, 15) is 14.9 Å². The third kappa shape index (κ3) is 4.41. The highest BCUT2D eigenvalue weighted by molar-refractivity contribution is 6.28. The molecule has 9 heteroatoms. The molecule has 2 rings (SSSR count). The van der Waals surface area contributed by atoms with Gasteiger partial charge in [-0.15, -0.1) is 0 Å². The lowest BCUT2D eigenvalue weighted by molar-refractivity contribution is -0.384. The number of anilines is 1. The van der Waals surface area contributed by atoms with E-state index in [1.54, 1.807) is 6.92 Å². The summed E-state index contributed by atoms with van der Waals surface area (Å²) in [5.74, 6) is -0.140. The fraction of sp³-hybridized carbons (Fsp3) is 0.706. The molecule has 144 valence electrons. The van der Waals surface area contributed by atoms with Crippen molar-refractivity contribution in [3.8, 4) is 0 Å². The van der Waals surface area contributed by atoms with Gasteiger partial charge in [-0.2, -0.15) is 4.98 Å². The van der Waals surface area contributed by atoms with Crippen LogP contribution in [0.5, 0.6) is 0 Å². The van der Waals surface area contributed by atoms with Crippen LogP contribution in [0, 0.1) is 15.5 Å². The summed E-state index contributed by atoms with van der Waals surface area (Å²) in [5.41, 5.74) is -1.01. The van der Waals surface area contributed by atoms with Gasteiger partial charge in [0, 0.05) is 12.6 Å². The second-order valence-electron chi connectivity index (χ2n) is 6.81. The highest BCUT2D eigenvalue weighted by atomic mass is 35.5. The van der Waals surface area contributed by atoms with E-state index in [1.807, 2.05) is 18.7 Å². The van der Waals surface area contributed by atoms with Crippen LogP contribution < -0.4 is 4.90 Å². The first kappa shape index (κ1) is 20.4. The van der Waals surface area contributed by atoms with Crippen LogP contribution in [0.3, 0.4) is 0 Å². The zero-order valence-electron chi connectivity index (χ0n) is 15.4. The quantitative estimate of drug-likeness (QED) is 0.291. The lowest BCUT2D eigenvalue weighted by Crippen LogP contribution is -2.46. The number of ether oxygens (including phenoxy) is 1. The fourth-order valence-corrected chi connectivity index (χ4v) is 3.41. The molecular weight excluding hydrogens is 360 g/mol. The van der Waals surface area contributed by atoms with Gasteiger partial charge in [-0.25, -0.2) is 4.98 Å². The summed E-state index contributed by atoms with van der Waals surface area (Å²) in [5, 5.41) is 11.4. The first-order valence-corrected chi connectivity index (χ1v) is 9.31. The van der Waals surface area contributed by atoms with Crippen LogP contribution in [-0.2, 0) is 9.53 Å². The van der Waals surface area contributed by atoms with Gasteiger partial charge in [0.2, 0.25) is 11.1 Å². The van der Waals surface area contributed by atoms with Gasteiger partial charge in [0.1, 0.15) is 6.20 Å². The maximum absolute atomic E-state index is 12.5. The third-order valence-corrected chi connectivity index (χ3v) is 5.20. The van der Waals surface area contributed by atoms with Crippen molar-refractivity contribution in [1.29, 1.82) is 0 Å². The summed E-state index contributed by atoms with van der Waals surface area (Å²) in [7, 11) is 0. The summed E-state index contributed by atoms with van der Waals surface area (Å²) in [6.45, 7) is 6.06. The minimum absolute atomic E-state index is 0.0528. The summed E-state index contributed by atoms with van der Waals surface area (Å²) >= 11 is 5.93. The lowest BCUT2D eigenvalue weighted by atomic mass is 9.86. The number of halogens is 1. The highest BCUT2D eigenvalue weighted by Gasteiger charge is 2.40. The molecule has 0 amide bonds. The Labute approximate surface area is 158 Å². The van der Waals surface area contributed by atoms with E-state index >= 15 is 0 Å². The molecule has 1 aliphatic carbocycles. The van der Waals surface area contributed by atoms with Crippen LogP contribution in [0.15, 0.2) is 6.20 Å². The fourth-order valence-electron chi connectivity index (χ4n) is 3.28. The van der Waals surface area contributed by atoms with Gasteiger partial charge in [-0.3, -0.25) is 14.9 Å². The molecule has 1 heterocycles. The van der Waals surface area contributed by atoms with Crippen molar-refractivity contribution in [2.75, 3.05) is 18.1 Å². The summed E-state index contributed by atoms with van der Waals surface area (Å²) < 4.78 is 5.24. The summed E-state index contributed by atoms with van der Waals surface area (Å²) in [4.78, 5) is 33.3. The van der Waals surface area contributed by atoms with Crippen molar-refractivity contribution in [2.24, 2.45) is 5.41 Å². The molecule has 1 aromatic heterocycles. The topological polar surface area (TPSA) is 98.5 Å². The zero-order valence-corrected chi connectivity index (χ0v) is 16.2. The number of carbonyl (C=O) groups excluding carboxylic acids is 1. The molecule has 1 fully saturated rings.